The van der Waals surface area contributed by atoms with Crippen molar-refractivity contribution in [3.63, 3.8) is 0 Å². The van der Waals surface area contributed by atoms with Gasteiger partial charge in [0.05, 0.1) is 25.9 Å². The zero-order valence-electron chi connectivity index (χ0n) is 25.7. The molecule has 236 valence electrons. The summed E-state index contributed by atoms with van der Waals surface area (Å²) >= 11 is 0. The van der Waals surface area contributed by atoms with Crippen molar-refractivity contribution in [1.82, 2.24) is 0 Å². The van der Waals surface area contributed by atoms with Gasteiger partial charge in [0.1, 0.15) is 24.4 Å². The summed E-state index contributed by atoms with van der Waals surface area (Å²) in [6.45, 7) is 5.80. The van der Waals surface area contributed by atoms with Crippen molar-refractivity contribution < 1.29 is 37.9 Å². The summed E-state index contributed by atoms with van der Waals surface area (Å²) < 4.78 is 51.0. The zero-order chi connectivity index (χ0) is 30.3. The van der Waals surface area contributed by atoms with Crippen LogP contribution in [0.3, 0.4) is 0 Å². The highest BCUT2D eigenvalue weighted by molar-refractivity contribution is 5.17. The normalized spacial score (nSPS) is 31.2. The molecule has 44 heavy (non-hydrogen) atoms. The van der Waals surface area contributed by atoms with Crippen molar-refractivity contribution in [2.45, 2.75) is 82.9 Å². The van der Waals surface area contributed by atoms with Crippen LogP contribution >= 0.6 is 0 Å². The number of benzene rings is 3. The van der Waals surface area contributed by atoms with E-state index in [1.54, 1.807) is 7.11 Å². The van der Waals surface area contributed by atoms with Crippen molar-refractivity contribution in [2.75, 3.05) is 20.3 Å². The molecule has 0 spiro atoms. The highest BCUT2D eigenvalue weighted by Crippen LogP contribution is 2.47. The standard InChI is InChI=1S/C36H44O8/c1-4-38-35(37-3)29-20-28(29)24(2)42-36-33(40-22-26-16-10-6-11-17-26)32(39-21-25-14-8-5-9-15-25)31-30(43-36)23-41-34(44-31)27-18-12-7-13-19-27/h5-19,24,28-36H,4,20-23H2,1-3H3/t24?,28-,29?,30?,31?,32?,33?,34?,35?,36?/m0/s1. The predicted octanol–water partition coefficient (Wildman–Crippen LogP) is 6.05. The van der Waals surface area contributed by atoms with Gasteiger partial charge in [-0.05, 0) is 37.3 Å². The molecule has 6 rings (SSSR count). The fourth-order valence-corrected chi connectivity index (χ4v) is 6.27. The first-order valence-corrected chi connectivity index (χ1v) is 15.7. The van der Waals surface area contributed by atoms with Crippen LogP contribution in [0.2, 0.25) is 0 Å². The molecule has 3 fully saturated rings. The van der Waals surface area contributed by atoms with Gasteiger partial charge in [-0.2, -0.15) is 0 Å². The second-order valence-corrected chi connectivity index (χ2v) is 11.7. The van der Waals surface area contributed by atoms with E-state index in [9.17, 15) is 0 Å². The number of hydrogen-bond donors (Lipinski definition) is 0. The van der Waals surface area contributed by atoms with E-state index in [1.807, 2.05) is 73.7 Å². The summed E-state index contributed by atoms with van der Waals surface area (Å²) in [7, 11) is 1.69. The number of rotatable bonds is 14. The van der Waals surface area contributed by atoms with Crippen LogP contribution in [0, 0.1) is 11.8 Å². The molecule has 2 aliphatic heterocycles. The highest BCUT2D eigenvalue weighted by atomic mass is 16.8. The largest absolute Gasteiger partial charge is 0.368 e. The Labute approximate surface area is 260 Å². The Bertz CT molecular complexity index is 1260. The summed E-state index contributed by atoms with van der Waals surface area (Å²) in [4.78, 5) is 0. The van der Waals surface area contributed by atoms with Crippen LogP contribution in [0.4, 0.5) is 0 Å². The first-order valence-electron chi connectivity index (χ1n) is 15.7. The Morgan fingerprint density at radius 3 is 2.00 bits per heavy atom. The molecule has 2 heterocycles. The maximum absolute atomic E-state index is 6.71. The minimum atomic E-state index is -0.689. The summed E-state index contributed by atoms with van der Waals surface area (Å²) in [5.41, 5.74) is 3.07. The third-order valence-electron chi connectivity index (χ3n) is 8.68. The van der Waals surface area contributed by atoms with Gasteiger partial charge in [-0.15, -0.1) is 0 Å². The van der Waals surface area contributed by atoms with Gasteiger partial charge in [0.2, 0.25) is 0 Å². The van der Waals surface area contributed by atoms with Crippen LogP contribution in [-0.2, 0) is 51.1 Å². The average Bonchev–Trinajstić information content (AvgIpc) is 3.88. The van der Waals surface area contributed by atoms with Gasteiger partial charge in [-0.3, -0.25) is 0 Å². The summed E-state index contributed by atoms with van der Waals surface area (Å²) in [6, 6.07) is 30.2. The third-order valence-corrected chi connectivity index (χ3v) is 8.68. The van der Waals surface area contributed by atoms with Gasteiger partial charge in [0.25, 0.3) is 0 Å². The lowest BCUT2D eigenvalue weighted by Crippen LogP contribution is -2.64. The lowest BCUT2D eigenvalue weighted by atomic mass is 9.96. The molecule has 0 radical (unpaired) electrons. The van der Waals surface area contributed by atoms with Gasteiger partial charge < -0.3 is 37.9 Å². The highest BCUT2D eigenvalue weighted by Gasteiger charge is 2.54. The van der Waals surface area contributed by atoms with Crippen LogP contribution in [0.5, 0.6) is 0 Å². The van der Waals surface area contributed by atoms with Crippen molar-refractivity contribution in [1.29, 1.82) is 0 Å². The van der Waals surface area contributed by atoms with Crippen LogP contribution in [0.15, 0.2) is 91.0 Å². The Morgan fingerprint density at radius 1 is 0.773 bits per heavy atom. The molecule has 0 aromatic heterocycles. The van der Waals surface area contributed by atoms with E-state index in [-0.39, 0.29) is 24.2 Å². The molecule has 0 amide bonds. The summed E-state index contributed by atoms with van der Waals surface area (Å²) in [5.74, 6) is 0.556. The Balaban J connectivity index is 1.25. The SMILES string of the molecule is CCOC(OC)C1C[C@H]1C(C)OC1OC2COC(c3ccccc3)OC2C(OCc2ccccc2)C1OCc1ccccc1. The van der Waals surface area contributed by atoms with E-state index in [4.69, 9.17) is 37.9 Å². The minimum absolute atomic E-state index is 0.111. The fraction of sp³-hybridized carbons (Fsp3) is 0.500. The lowest BCUT2D eigenvalue weighted by molar-refractivity contribution is -0.377. The van der Waals surface area contributed by atoms with E-state index in [1.165, 1.54) is 0 Å². The van der Waals surface area contributed by atoms with E-state index in [2.05, 4.69) is 31.2 Å². The second kappa shape index (κ2) is 15.1. The van der Waals surface area contributed by atoms with E-state index in [0.29, 0.717) is 26.4 Å². The predicted molar refractivity (Wildman–Crippen MR) is 163 cm³/mol. The molecule has 0 bridgehead atoms. The average molecular weight is 605 g/mol. The van der Waals surface area contributed by atoms with E-state index < -0.39 is 37.0 Å². The molecule has 8 heteroatoms. The van der Waals surface area contributed by atoms with Crippen LogP contribution in [-0.4, -0.2) is 63.4 Å². The van der Waals surface area contributed by atoms with Crippen molar-refractivity contribution in [2.24, 2.45) is 11.8 Å². The van der Waals surface area contributed by atoms with Crippen LogP contribution < -0.4 is 0 Å². The summed E-state index contributed by atoms with van der Waals surface area (Å²) in [5, 5.41) is 0. The first-order chi connectivity index (χ1) is 21.6. The monoisotopic (exact) mass is 604 g/mol. The molecular weight excluding hydrogens is 560 g/mol. The minimum Gasteiger partial charge on any atom is -0.368 e. The van der Waals surface area contributed by atoms with Crippen LogP contribution in [0.25, 0.3) is 0 Å². The van der Waals surface area contributed by atoms with E-state index >= 15 is 0 Å². The van der Waals surface area contributed by atoms with Gasteiger partial charge >= 0.3 is 0 Å². The zero-order valence-corrected chi connectivity index (χ0v) is 25.7. The smallest absolute Gasteiger partial charge is 0.187 e. The van der Waals surface area contributed by atoms with Gasteiger partial charge in [-0.1, -0.05) is 91.0 Å². The molecule has 10 atom stereocenters. The number of methoxy groups -OCH3 is 1. The molecule has 1 aliphatic carbocycles. The molecule has 3 aliphatic rings. The van der Waals surface area contributed by atoms with Crippen molar-refractivity contribution in [3.05, 3.63) is 108 Å². The topological polar surface area (TPSA) is 73.8 Å². The van der Waals surface area contributed by atoms with Gasteiger partial charge in [0, 0.05) is 25.2 Å². The Hall–Kier alpha value is -2.66. The van der Waals surface area contributed by atoms with Gasteiger partial charge in [-0.25, -0.2) is 0 Å². The number of ether oxygens (including phenoxy) is 8. The maximum Gasteiger partial charge on any atom is 0.187 e. The Morgan fingerprint density at radius 2 is 1.39 bits per heavy atom. The maximum atomic E-state index is 6.71. The molecule has 0 N–H and O–H groups in total. The summed E-state index contributed by atoms with van der Waals surface area (Å²) in [6.07, 6.45) is -2.47. The molecule has 1 saturated carbocycles. The quantitative estimate of drug-likeness (QED) is 0.206. The van der Waals surface area contributed by atoms with Gasteiger partial charge in [0.15, 0.2) is 18.9 Å². The molecular formula is C36H44O8. The van der Waals surface area contributed by atoms with Crippen LogP contribution in [0.1, 0.15) is 43.2 Å². The first kappa shape index (κ1) is 31.3. The lowest BCUT2D eigenvalue weighted by Gasteiger charge is -2.49. The molecule has 8 nitrogen and oxygen atoms in total. The number of hydrogen-bond acceptors (Lipinski definition) is 8. The third kappa shape index (κ3) is 7.58. The Kier molecular flexibility index (Phi) is 10.7. The molecule has 9 unspecified atom stereocenters. The molecule has 2 saturated heterocycles. The number of fused-ring (bicyclic) bond motifs is 1. The van der Waals surface area contributed by atoms with Crippen molar-refractivity contribution >= 4 is 0 Å². The van der Waals surface area contributed by atoms with E-state index in [0.717, 1.165) is 23.1 Å². The van der Waals surface area contributed by atoms with Crippen molar-refractivity contribution in [3.8, 4) is 0 Å². The molecule has 3 aromatic rings. The fourth-order valence-electron chi connectivity index (χ4n) is 6.27. The molecule has 3 aromatic carbocycles. The second-order valence-electron chi connectivity index (χ2n) is 11.7.